The van der Waals surface area contributed by atoms with Crippen LogP contribution in [0.3, 0.4) is 0 Å². The molecule has 1 aliphatic rings. The molecule has 0 spiro atoms. The van der Waals surface area contributed by atoms with Crippen LogP contribution in [0.4, 0.5) is 5.82 Å². The largest absolute Gasteiger partial charge is 0.394 e. The Kier molecular flexibility index (Phi) is 3.41. The molecular formula is C12H19N3O. The summed E-state index contributed by atoms with van der Waals surface area (Å²) in [4.78, 5) is 6.75. The first-order valence-electron chi connectivity index (χ1n) is 5.80. The number of aliphatic hydroxyl groups is 1. The van der Waals surface area contributed by atoms with E-state index in [0.29, 0.717) is 6.54 Å². The first-order valence-corrected chi connectivity index (χ1v) is 5.80. The fourth-order valence-corrected chi connectivity index (χ4v) is 2.28. The molecule has 16 heavy (non-hydrogen) atoms. The van der Waals surface area contributed by atoms with Crippen LogP contribution in [0.5, 0.6) is 0 Å². The Hall–Kier alpha value is -1.13. The third-order valence-electron chi connectivity index (χ3n) is 3.18. The van der Waals surface area contributed by atoms with Gasteiger partial charge in [0.15, 0.2) is 0 Å². The second-order valence-corrected chi connectivity index (χ2v) is 4.31. The maximum atomic E-state index is 9.33. The van der Waals surface area contributed by atoms with Crippen LogP contribution in [0.1, 0.15) is 24.1 Å². The lowest BCUT2D eigenvalue weighted by molar-refractivity contribution is 0.266. The Morgan fingerprint density at radius 3 is 3.06 bits per heavy atom. The summed E-state index contributed by atoms with van der Waals surface area (Å²) in [6.45, 7) is 3.64. The number of aromatic nitrogens is 1. The van der Waals surface area contributed by atoms with Crippen molar-refractivity contribution < 1.29 is 5.11 Å². The molecule has 1 atom stereocenters. The zero-order valence-electron chi connectivity index (χ0n) is 9.69. The Bertz CT molecular complexity index is 367. The minimum atomic E-state index is 0.194. The van der Waals surface area contributed by atoms with Crippen molar-refractivity contribution in [3.05, 3.63) is 23.4 Å². The van der Waals surface area contributed by atoms with Crippen LogP contribution < -0.4 is 10.6 Å². The first kappa shape index (κ1) is 11.4. The minimum Gasteiger partial charge on any atom is -0.394 e. The lowest BCUT2D eigenvalue weighted by Gasteiger charge is -2.26. The van der Waals surface area contributed by atoms with Gasteiger partial charge in [0.2, 0.25) is 0 Å². The van der Waals surface area contributed by atoms with Gasteiger partial charge in [-0.2, -0.15) is 0 Å². The van der Waals surface area contributed by atoms with Crippen molar-refractivity contribution in [3.8, 4) is 0 Å². The maximum absolute atomic E-state index is 9.33. The molecule has 0 aliphatic carbocycles. The summed E-state index contributed by atoms with van der Waals surface area (Å²) < 4.78 is 0. The van der Waals surface area contributed by atoms with Crippen molar-refractivity contribution in [1.29, 1.82) is 0 Å². The zero-order chi connectivity index (χ0) is 11.5. The molecule has 2 heterocycles. The molecule has 1 saturated heterocycles. The molecule has 0 bridgehead atoms. The van der Waals surface area contributed by atoms with Gasteiger partial charge < -0.3 is 15.7 Å². The van der Waals surface area contributed by atoms with E-state index in [1.54, 1.807) is 0 Å². The number of hydrogen-bond donors (Lipinski definition) is 2. The highest BCUT2D eigenvalue weighted by molar-refractivity contribution is 5.49. The summed E-state index contributed by atoms with van der Waals surface area (Å²) in [5.41, 5.74) is 7.78. The molecule has 2 rings (SSSR count). The van der Waals surface area contributed by atoms with Crippen LogP contribution in [-0.4, -0.2) is 29.3 Å². The van der Waals surface area contributed by atoms with Gasteiger partial charge in [-0.15, -0.1) is 0 Å². The molecule has 4 nitrogen and oxygen atoms in total. The van der Waals surface area contributed by atoms with E-state index in [1.807, 2.05) is 19.1 Å². The third-order valence-corrected chi connectivity index (χ3v) is 3.18. The number of rotatable bonds is 3. The number of hydrogen-bond acceptors (Lipinski definition) is 4. The molecule has 0 radical (unpaired) electrons. The maximum Gasteiger partial charge on any atom is 0.133 e. The molecule has 1 aliphatic heterocycles. The monoisotopic (exact) mass is 221 g/mol. The summed E-state index contributed by atoms with van der Waals surface area (Å²) in [5, 5.41) is 9.33. The third kappa shape index (κ3) is 2.03. The predicted molar refractivity (Wildman–Crippen MR) is 64.3 cm³/mol. The fourth-order valence-electron chi connectivity index (χ4n) is 2.28. The van der Waals surface area contributed by atoms with Gasteiger partial charge in [-0.25, -0.2) is 4.98 Å². The molecular weight excluding hydrogens is 202 g/mol. The predicted octanol–water partition coefficient (Wildman–Crippen LogP) is 0.810. The van der Waals surface area contributed by atoms with Crippen LogP contribution in [-0.2, 0) is 6.54 Å². The van der Waals surface area contributed by atoms with Gasteiger partial charge in [0, 0.05) is 24.3 Å². The quantitative estimate of drug-likeness (QED) is 0.793. The fraction of sp³-hybridized carbons (Fsp3) is 0.583. The van der Waals surface area contributed by atoms with E-state index in [-0.39, 0.29) is 12.6 Å². The molecule has 0 saturated carbocycles. The van der Waals surface area contributed by atoms with E-state index in [4.69, 9.17) is 5.73 Å². The van der Waals surface area contributed by atoms with Crippen molar-refractivity contribution in [1.82, 2.24) is 4.98 Å². The molecule has 1 fully saturated rings. The molecule has 88 valence electrons. The van der Waals surface area contributed by atoms with Crippen molar-refractivity contribution in [2.45, 2.75) is 32.4 Å². The highest BCUT2D eigenvalue weighted by atomic mass is 16.3. The Labute approximate surface area is 96.1 Å². The lowest BCUT2D eigenvalue weighted by Crippen LogP contribution is -2.33. The lowest BCUT2D eigenvalue weighted by atomic mass is 10.2. The van der Waals surface area contributed by atoms with E-state index in [1.165, 1.54) is 0 Å². The first-order chi connectivity index (χ1) is 7.76. The Morgan fingerprint density at radius 2 is 2.38 bits per heavy atom. The van der Waals surface area contributed by atoms with Gasteiger partial charge in [0.05, 0.1) is 12.6 Å². The smallest absolute Gasteiger partial charge is 0.133 e. The molecule has 0 amide bonds. The average Bonchev–Trinajstić information content (AvgIpc) is 2.76. The van der Waals surface area contributed by atoms with Gasteiger partial charge in [0.1, 0.15) is 5.82 Å². The van der Waals surface area contributed by atoms with Crippen LogP contribution in [0, 0.1) is 6.92 Å². The van der Waals surface area contributed by atoms with E-state index < -0.39 is 0 Å². The Balaban J connectivity index is 2.34. The second-order valence-electron chi connectivity index (χ2n) is 4.31. The van der Waals surface area contributed by atoms with Gasteiger partial charge in [-0.3, -0.25) is 0 Å². The van der Waals surface area contributed by atoms with E-state index in [2.05, 4.69) is 9.88 Å². The van der Waals surface area contributed by atoms with Crippen molar-refractivity contribution in [3.63, 3.8) is 0 Å². The molecule has 4 heteroatoms. The highest BCUT2D eigenvalue weighted by Crippen LogP contribution is 2.26. The van der Waals surface area contributed by atoms with Crippen molar-refractivity contribution in [2.75, 3.05) is 18.1 Å². The molecule has 1 unspecified atom stereocenters. The Morgan fingerprint density at radius 1 is 1.56 bits per heavy atom. The van der Waals surface area contributed by atoms with Gasteiger partial charge >= 0.3 is 0 Å². The standard InChI is InChI=1S/C12H19N3O/c1-9-4-5-10(7-13)12(14-9)15-6-2-3-11(15)8-16/h4-5,11,16H,2-3,6-8,13H2,1H3. The number of nitrogens with zero attached hydrogens (tertiary/aromatic N) is 2. The number of aryl methyl sites for hydroxylation is 1. The van der Waals surface area contributed by atoms with Crippen LogP contribution >= 0.6 is 0 Å². The summed E-state index contributed by atoms with van der Waals surface area (Å²) in [5.74, 6) is 0.957. The highest BCUT2D eigenvalue weighted by Gasteiger charge is 2.26. The van der Waals surface area contributed by atoms with Crippen molar-refractivity contribution >= 4 is 5.82 Å². The molecule has 3 N–H and O–H groups in total. The van der Waals surface area contributed by atoms with E-state index in [9.17, 15) is 5.11 Å². The van der Waals surface area contributed by atoms with Crippen LogP contribution in [0.2, 0.25) is 0 Å². The number of anilines is 1. The number of pyridine rings is 1. The summed E-state index contributed by atoms with van der Waals surface area (Å²) in [6, 6.07) is 4.22. The molecule has 1 aromatic rings. The van der Waals surface area contributed by atoms with Gasteiger partial charge in [-0.05, 0) is 25.8 Å². The van der Waals surface area contributed by atoms with Gasteiger partial charge in [-0.1, -0.05) is 6.07 Å². The topological polar surface area (TPSA) is 62.4 Å². The summed E-state index contributed by atoms with van der Waals surface area (Å²) >= 11 is 0. The average molecular weight is 221 g/mol. The minimum absolute atomic E-state index is 0.194. The van der Waals surface area contributed by atoms with Crippen LogP contribution in [0.15, 0.2) is 12.1 Å². The summed E-state index contributed by atoms with van der Waals surface area (Å²) in [7, 11) is 0. The van der Waals surface area contributed by atoms with Crippen LogP contribution in [0.25, 0.3) is 0 Å². The SMILES string of the molecule is Cc1ccc(CN)c(N2CCCC2CO)n1. The van der Waals surface area contributed by atoms with Crippen molar-refractivity contribution in [2.24, 2.45) is 5.73 Å². The normalized spacial score (nSPS) is 20.4. The zero-order valence-corrected chi connectivity index (χ0v) is 9.69. The van der Waals surface area contributed by atoms with E-state index >= 15 is 0 Å². The second kappa shape index (κ2) is 4.80. The van der Waals surface area contributed by atoms with E-state index in [0.717, 1.165) is 36.5 Å². The number of aliphatic hydroxyl groups excluding tert-OH is 1. The number of nitrogens with two attached hydrogens (primary N) is 1. The van der Waals surface area contributed by atoms with Gasteiger partial charge in [0.25, 0.3) is 0 Å². The molecule has 0 aromatic carbocycles. The summed E-state index contributed by atoms with van der Waals surface area (Å²) in [6.07, 6.45) is 2.15. The molecule has 1 aromatic heterocycles.